The third kappa shape index (κ3) is 4.82. The number of furan rings is 1. The van der Waals surface area contributed by atoms with E-state index in [-0.39, 0.29) is 0 Å². The number of hydrogen-bond acceptors (Lipinski definition) is 3. The van der Waals surface area contributed by atoms with Crippen LogP contribution in [0.3, 0.4) is 0 Å². The average Bonchev–Trinajstić information content (AvgIpc) is 3.45. The largest absolute Gasteiger partial charge is 0.455 e. The number of benzene rings is 6. The Morgan fingerprint density at radius 2 is 1.05 bits per heavy atom. The quantitative estimate of drug-likeness (QED) is 0.144. The minimum atomic E-state index is -2.59. The van der Waals surface area contributed by atoms with E-state index in [2.05, 4.69) is 141 Å². The van der Waals surface area contributed by atoms with Crippen molar-refractivity contribution in [2.75, 3.05) is 0 Å². The van der Waals surface area contributed by atoms with E-state index in [0.717, 1.165) is 55.3 Å². The number of para-hydroxylation sites is 3. The fraction of sp³-hybridized carbons (Fsp3) is 0.0513. The Bertz CT molecular complexity index is 2120. The predicted octanol–water partition coefficient (Wildman–Crippen LogP) is 9.76. The molecule has 0 unspecified atom stereocenters. The zero-order chi connectivity index (χ0) is 29.2. The van der Waals surface area contributed by atoms with Gasteiger partial charge in [0.25, 0.3) is 0 Å². The molecule has 7 aromatic rings. The SMILES string of the molecule is Cc1ccccc1N=P(c1ccccc1)(c1ccccc1)c1cccc2c1oc1c(/C=N/c3ccccc3C)cccc12. The van der Waals surface area contributed by atoms with E-state index in [1.165, 1.54) is 10.6 Å². The molecule has 7 rings (SSSR count). The minimum absolute atomic E-state index is 0.831. The monoisotopic (exact) mass is 574 g/mol. The van der Waals surface area contributed by atoms with Crippen LogP contribution in [-0.2, 0) is 0 Å². The minimum Gasteiger partial charge on any atom is -0.455 e. The van der Waals surface area contributed by atoms with E-state index in [1.807, 2.05) is 24.4 Å². The number of nitrogens with zero attached hydrogens (tertiary/aromatic N) is 2. The number of fused-ring (bicyclic) bond motifs is 3. The molecule has 4 heteroatoms. The lowest BCUT2D eigenvalue weighted by atomic mass is 10.1. The molecular weight excluding hydrogens is 543 g/mol. The lowest BCUT2D eigenvalue weighted by molar-refractivity contribution is 0.671. The first kappa shape index (κ1) is 26.9. The highest BCUT2D eigenvalue weighted by molar-refractivity contribution is 7.87. The normalized spacial score (nSPS) is 11.9. The van der Waals surface area contributed by atoms with Gasteiger partial charge in [-0.3, -0.25) is 9.74 Å². The van der Waals surface area contributed by atoms with Crippen LogP contribution in [0, 0.1) is 13.8 Å². The molecule has 0 amide bonds. The molecule has 3 nitrogen and oxygen atoms in total. The van der Waals surface area contributed by atoms with Gasteiger partial charge in [-0.15, -0.1) is 0 Å². The van der Waals surface area contributed by atoms with Gasteiger partial charge in [0.2, 0.25) is 0 Å². The molecule has 0 saturated carbocycles. The average molecular weight is 575 g/mol. The molecule has 0 aliphatic rings. The van der Waals surface area contributed by atoms with Crippen LogP contribution >= 0.6 is 7.05 Å². The van der Waals surface area contributed by atoms with Crippen molar-refractivity contribution in [3.05, 3.63) is 162 Å². The Balaban J connectivity index is 1.56. The van der Waals surface area contributed by atoms with E-state index in [0.29, 0.717) is 0 Å². The van der Waals surface area contributed by atoms with Gasteiger partial charge in [-0.2, -0.15) is 0 Å². The standard InChI is InChI=1S/C39H31N2OP/c1-28-15-9-11-24-35(28)40-27-30-17-13-22-33-34-23-14-26-37(39(34)42-38(30)33)43(31-18-5-3-6-19-31,32-20-7-4-8-21-32)41-36-25-12-10-16-29(36)2/h3-27H,1-2H3/b40-27+. The molecule has 0 fully saturated rings. The summed E-state index contributed by atoms with van der Waals surface area (Å²) in [7, 11) is -2.59. The van der Waals surface area contributed by atoms with Gasteiger partial charge in [-0.25, -0.2) is 0 Å². The molecule has 208 valence electrons. The van der Waals surface area contributed by atoms with Crippen LogP contribution in [0.15, 0.2) is 160 Å². The molecule has 0 bridgehead atoms. The zero-order valence-corrected chi connectivity index (χ0v) is 25.1. The summed E-state index contributed by atoms with van der Waals surface area (Å²) in [6.07, 6.45) is 1.92. The van der Waals surface area contributed by atoms with E-state index in [4.69, 9.17) is 14.2 Å². The molecule has 0 aliphatic heterocycles. The topological polar surface area (TPSA) is 37.9 Å². The van der Waals surface area contributed by atoms with Crippen LogP contribution in [0.25, 0.3) is 21.9 Å². The van der Waals surface area contributed by atoms with Gasteiger partial charge in [0, 0.05) is 38.5 Å². The second-order valence-electron chi connectivity index (χ2n) is 10.7. The Morgan fingerprint density at radius 1 is 0.512 bits per heavy atom. The van der Waals surface area contributed by atoms with Crippen molar-refractivity contribution in [2.24, 2.45) is 9.74 Å². The molecule has 0 aliphatic carbocycles. The molecule has 0 N–H and O–H groups in total. The molecule has 6 aromatic carbocycles. The molecule has 43 heavy (non-hydrogen) atoms. The summed E-state index contributed by atoms with van der Waals surface area (Å²) in [6.45, 7) is 4.21. The Kier molecular flexibility index (Phi) is 7.10. The molecule has 1 aromatic heterocycles. The Labute approximate surface area is 252 Å². The summed E-state index contributed by atoms with van der Waals surface area (Å²) < 4.78 is 12.7. The van der Waals surface area contributed by atoms with Crippen molar-refractivity contribution in [3.8, 4) is 0 Å². The van der Waals surface area contributed by atoms with Crippen molar-refractivity contribution in [1.82, 2.24) is 0 Å². The van der Waals surface area contributed by atoms with Crippen molar-refractivity contribution in [2.45, 2.75) is 13.8 Å². The Hall–Kier alpha value is -4.98. The molecule has 0 saturated heterocycles. The van der Waals surface area contributed by atoms with Gasteiger partial charge in [0.1, 0.15) is 11.2 Å². The predicted molar refractivity (Wildman–Crippen MR) is 184 cm³/mol. The zero-order valence-electron chi connectivity index (χ0n) is 24.2. The summed E-state index contributed by atoms with van der Waals surface area (Å²) in [5, 5.41) is 5.61. The van der Waals surface area contributed by atoms with Crippen molar-refractivity contribution in [1.29, 1.82) is 0 Å². The van der Waals surface area contributed by atoms with E-state index in [9.17, 15) is 0 Å². The maximum absolute atomic E-state index is 6.93. The van der Waals surface area contributed by atoms with Gasteiger partial charge < -0.3 is 4.42 Å². The van der Waals surface area contributed by atoms with Crippen LogP contribution in [0.4, 0.5) is 11.4 Å². The van der Waals surface area contributed by atoms with Crippen LogP contribution in [0.2, 0.25) is 0 Å². The maximum atomic E-state index is 6.93. The maximum Gasteiger partial charge on any atom is 0.145 e. The van der Waals surface area contributed by atoms with Crippen LogP contribution < -0.4 is 15.9 Å². The van der Waals surface area contributed by atoms with Gasteiger partial charge in [0.15, 0.2) is 0 Å². The Morgan fingerprint density at radius 3 is 1.67 bits per heavy atom. The molecule has 0 atom stereocenters. The highest BCUT2D eigenvalue weighted by atomic mass is 31.2. The number of hydrogen-bond donors (Lipinski definition) is 0. The smallest absolute Gasteiger partial charge is 0.145 e. The summed E-state index contributed by atoms with van der Waals surface area (Å²) in [5.74, 6) is 0. The van der Waals surface area contributed by atoms with E-state index >= 15 is 0 Å². The summed E-state index contributed by atoms with van der Waals surface area (Å²) in [5.41, 5.74) is 6.86. The highest BCUT2D eigenvalue weighted by Gasteiger charge is 2.31. The molecular formula is C39H31N2OP. The van der Waals surface area contributed by atoms with Crippen LogP contribution in [0.1, 0.15) is 16.7 Å². The summed E-state index contributed by atoms with van der Waals surface area (Å²) in [4.78, 5) is 4.83. The van der Waals surface area contributed by atoms with E-state index in [1.54, 1.807) is 0 Å². The number of aryl methyl sites for hydroxylation is 2. The van der Waals surface area contributed by atoms with Gasteiger partial charge in [-0.05, 0) is 49.2 Å². The third-order valence-corrected chi connectivity index (χ3v) is 11.6. The first-order valence-electron chi connectivity index (χ1n) is 14.5. The first-order chi connectivity index (χ1) is 21.1. The summed E-state index contributed by atoms with van der Waals surface area (Å²) >= 11 is 0. The second kappa shape index (κ2) is 11.4. The third-order valence-electron chi connectivity index (χ3n) is 7.97. The van der Waals surface area contributed by atoms with Crippen LogP contribution in [0.5, 0.6) is 0 Å². The lowest BCUT2D eigenvalue weighted by Gasteiger charge is -2.27. The van der Waals surface area contributed by atoms with Crippen molar-refractivity contribution < 1.29 is 4.42 Å². The fourth-order valence-corrected chi connectivity index (χ4v) is 9.46. The van der Waals surface area contributed by atoms with Gasteiger partial charge in [-0.1, -0.05) is 121 Å². The molecule has 0 spiro atoms. The van der Waals surface area contributed by atoms with Gasteiger partial charge in [0.05, 0.1) is 18.4 Å². The van der Waals surface area contributed by atoms with E-state index < -0.39 is 7.05 Å². The second-order valence-corrected chi connectivity index (χ2v) is 13.7. The molecule has 0 radical (unpaired) electrons. The van der Waals surface area contributed by atoms with Gasteiger partial charge >= 0.3 is 0 Å². The van der Waals surface area contributed by atoms with Crippen molar-refractivity contribution in [3.63, 3.8) is 0 Å². The molecule has 1 heterocycles. The fourth-order valence-electron chi connectivity index (χ4n) is 5.75. The number of rotatable bonds is 6. The van der Waals surface area contributed by atoms with Crippen LogP contribution in [-0.4, -0.2) is 6.21 Å². The first-order valence-corrected chi connectivity index (χ1v) is 16.2. The lowest BCUT2D eigenvalue weighted by Crippen LogP contribution is -2.25. The summed E-state index contributed by atoms with van der Waals surface area (Å²) in [6, 6.07) is 50.8. The van der Waals surface area contributed by atoms with Crippen molar-refractivity contribution >= 4 is 62.5 Å². The highest BCUT2D eigenvalue weighted by Crippen LogP contribution is 2.52. The number of aliphatic imine (C=N–C) groups is 1.